The Morgan fingerprint density at radius 2 is 2.22 bits per heavy atom. The van der Waals surface area contributed by atoms with Crippen LogP contribution in [0.5, 0.6) is 5.75 Å². The maximum atomic E-state index is 8.67. The van der Waals surface area contributed by atoms with E-state index in [9.17, 15) is 0 Å². The Hall–Kier alpha value is -0.580. The SMILES string of the molecule is OCCCCCNCC1Cc2cc(Br)ccc2O1. The quantitative estimate of drug-likeness (QED) is 0.760. The molecule has 0 aliphatic carbocycles. The third-order valence-electron chi connectivity index (χ3n) is 3.15. The van der Waals surface area contributed by atoms with E-state index in [1.165, 1.54) is 5.56 Å². The molecular formula is C14H20BrNO2. The van der Waals surface area contributed by atoms with Crippen LogP contribution in [-0.4, -0.2) is 30.9 Å². The molecule has 18 heavy (non-hydrogen) atoms. The van der Waals surface area contributed by atoms with Gasteiger partial charge in [-0.1, -0.05) is 15.9 Å². The van der Waals surface area contributed by atoms with Crippen molar-refractivity contribution in [3.05, 3.63) is 28.2 Å². The smallest absolute Gasteiger partial charge is 0.123 e. The van der Waals surface area contributed by atoms with Gasteiger partial charge in [0.15, 0.2) is 0 Å². The van der Waals surface area contributed by atoms with Gasteiger partial charge < -0.3 is 15.2 Å². The standard InChI is InChI=1S/C14H20BrNO2/c15-12-4-5-14-11(8-12)9-13(18-14)10-16-6-2-1-3-7-17/h4-5,8,13,16-17H,1-3,6-7,9-10H2. The number of fused-ring (bicyclic) bond motifs is 1. The summed E-state index contributed by atoms with van der Waals surface area (Å²) in [7, 11) is 0. The van der Waals surface area contributed by atoms with E-state index in [1.54, 1.807) is 0 Å². The molecule has 1 aliphatic heterocycles. The van der Waals surface area contributed by atoms with E-state index >= 15 is 0 Å². The van der Waals surface area contributed by atoms with E-state index in [0.717, 1.165) is 49.0 Å². The Kier molecular flexibility index (Phi) is 5.47. The van der Waals surface area contributed by atoms with Crippen molar-refractivity contribution < 1.29 is 9.84 Å². The summed E-state index contributed by atoms with van der Waals surface area (Å²) in [4.78, 5) is 0. The fraction of sp³-hybridized carbons (Fsp3) is 0.571. The van der Waals surface area contributed by atoms with Crippen LogP contribution in [0.3, 0.4) is 0 Å². The minimum Gasteiger partial charge on any atom is -0.488 e. The van der Waals surface area contributed by atoms with Crippen molar-refractivity contribution in [1.29, 1.82) is 0 Å². The van der Waals surface area contributed by atoms with Gasteiger partial charge >= 0.3 is 0 Å². The molecule has 1 aliphatic rings. The van der Waals surface area contributed by atoms with Crippen molar-refractivity contribution in [2.24, 2.45) is 0 Å². The fourth-order valence-electron chi connectivity index (χ4n) is 2.20. The van der Waals surface area contributed by atoms with Crippen molar-refractivity contribution in [2.75, 3.05) is 19.7 Å². The first-order chi connectivity index (χ1) is 8.79. The molecule has 4 heteroatoms. The van der Waals surface area contributed by atoms with Crippen LogP contribution in [0.15, 0.2) is 22.7 Å². The van der Waals surface area contributed by atoms with Gasteiger partial charge in [-0.25, -0.2) is 0 Å². The zero-order chi connectivity index (χ0) is 12.8. The average molecular weight is 314 g/mol. The summed E-state index contributed by atoms with van der Waals surface area (Å²) in [6, 6.07) is 6.18. The molecule has 0 spiro atoms. The van der Waals surface area contributed by atoms with E-state index in [2.05, 4.69) is 27.3 Å². The second kappa shape index (κ2) is 7.12. The second-order valence-electron chi connectivity index (χ2n) is 4.68. The maximum Gasteiger partial charge on any atom is 0.123 e. The second-order valence-corrected chi connectivity index (χ2v) is 5.60. The predicted molar refractivity (Wildman–Crippen MR) is 76.1 cm³/mol. The van der Waals surface area contributed by atoms with Crippen LogP contribution in [0.2, 0.25) is 0 Å². The van der Waals surface area contributed by atoms with Gasteiger partial charge in [0.2, 0.25) is 0 Å². The van der Waals surface area contributed by atoms with Gasteiger partial charge in [0.05, 0.1) is 0 Å². The van der Waals surface area contributed by atoms with E-state index in [-0.39, 0.29) is 6.10 Å². The topological polar surface area (TPSA) is 41.5 Å². The minimum atomic E-state index is 0.257. The molecule has 0 saturated heterocycles. The molecule has 1 unspecified atom stereocenters. The van der Waals surface area contributed by atoms with Gasteiger partial charge in [0.1, 0.15) is 11.9 Å². The van der Waals surface area contributed by atoms with Gasteiger partial charge in [-0.05, 0) is 49.6 Å². The lowest BCUT2D eigenvalue weighted by molar-refractivity contribution is 0.227. The molecule has 0 saturated carbocycles. The number of benzene rings is 1. The third-order valence-corrected chi connectivity index (χ3v) is 3.64. The summed E-state index contributed by atoms with van der Waals surface area (Å²) in [6.45, 7) is 2.20. The summed E-state index contributed by atoms with van der Waals surface area (Å²) < 4.78 is 6.98. The number of rotatable bonds is 7. The molecule has 1 aromatic rings. The molecule has 2 N–H and O–H groups in total. The number of aliphatic hydroxyl groups is 1. The van der Waals surface area contributed by atoms with Crippen molar-refractivity contribution in [3.8, 4) is 5.75 Å². The summed E-state index contributed by atoms with van der Waals surface area (Å²) in [5, 5.41) is 12.1. The Bertz CT molecular complexity index is 384. The van der Waals surface area contributed by atoms with Crippen LogP contribution in [0.25, 0.3) is 0 Å². The lowest BCUT2D eigenvalue weighted by Gasteiger charge is -2.11. The molecule has 0 amide bonds. The molecule has 0 fully saturated rings. The Balaban J connectivity index is 1.65. The van der Waals surface area contributed by atoms with Crippen LogP contribution in [0.4, 0.5) is 0 Å². The summed E-state index contributed by atoms with van der Waals surface area (Å²) in [5.41, 5.74) is 1.29. The summed E-state index contributed by atoms with van der Waals surface area (Å²) in [6.07, 6.45) is 4.35. The largest absolute Gasteiger partial charge is 0.488 e. The average Bonchev–Trinajstić information content (AvgIpc) is 2.75. The van der Waals surface area contributed by atoms with E-state index in [4.69, 9.17) is 9.84 Å². The highest BCUT2D eigenvalue weighted by Gasteiger charge is 2.22. The molecule has 2 rings (SSSR count). The number of unbranched alkanes of at least 4 members (excludes halogenated alkanes) is 2. The fourth-order valence-corrected chi connectivity index (χ4v) is 2.61. The van der Waals surface area contributed by atoms with E-state index in [0.29, 0.717) is 6.61 Å². The lowest BCUT2D eigenvalue weighted by atomic mass is 10.1. The van der Waals surface area contributed by atoms with Crippen molar-refractivity contribution in [1.82, 2.24) is 5.32 Å². The van der Waals surface area contributed by atoms with Crippen molar-refractivity contribution >= 4 is 15.9 Å². The monoisotopic (exact) mass is 313 g/mol. The van der Waals surface area contributed by atoms with Gasteiger partial charge in [0.25, 0.3) is 0 Å². The van der Waals surface area contributed by atoms with Gasteiger partial charge in [-0.15, -0.1) is 0 Å². The summed E-state index contributed by atoms with van der Waals surface area (Å²) in [5.74, 6) is 1.02. The van der Waals surface area contributed by atoms with Crippen LogP contribution in [-0.2, 0) is 6.42 Å². The molecular weight excluding hydrogens is 294 g/mol. The third kappa shape index (κ3) is 3.97. The maximum absolute atomic E-state index is 8.67. The lowest BCUT2D eigenvalue weighted by Crippen LogP contribution is -2.30. The van der Waals surface area contributed by atoms with Crippen LogP contribution < -0.4 is 10.1 Å². The Morgan fingerprint density at radius 3 is 3.06 bits per heavy atom. The first-order valence-electron chi connectivity index (χ1n) is 6.56. The summed E-state index contributed by atoms with van der Waals surface area (Å²) >= 11 is 3.48. The first kappa shape index (κ1) is 13.8. The van der Waals surface area contributed by atoms with E-state index in [1.807, 2.05) is 12.1 Å². The first-order valence-corrected chi connectivity index (χ1v) is 7.35. The predicted octanol–water partition coefficient (Wildman–Crippen LogP) is 2.50. The van der Waals surface area contributed by atoms with Crippen molar-refractivity contribution in [3.63, 3.8) is 0 Å². The molecule has 0 radical (unpaired) electrons. The number of hydrogen-bond acceptors (Lipinski definition) is 3. The van der Waals surface area contributed by atoms with Crippen LogP contribution >= 0.6 is 15.9 Å². The minimum absolute atomic E-state index is 0.257. The molecule has 100 valence electrons. The Labute approximate surface area is 117 Å². The highest BCUT2D eigenvalue weighted by atomic mass is 79.9. The molecule has 0 aromatic heterocycles. The highest BCUT2D eigenvalue weighted by molar-refractivity contribution is 9.10. The number of ether oxygens (including phenoxy) is 1. The number of halogens is 1. The normalized spacial score (nSPS) is 17.6. The van der Waals surface area contributed by atoms with Crippen LogP contribution in [0.1, 0.15) is 24.8 Å². The van der Waals surface area contributed by atoms with Crippen molar-refractivity contribution in [2.45, 2.75) is 31.8 Å². The van der Waals surface area contributed by atoms with Crippen LogP contribution in [0, 0.1) is 0 Å². The molecule has 3 nitrogen and oxygen atoms in total. The number of hydrogen-bond donors (Lipinski definition) is 2. The molecule has 1 heterocycles. The molecule has 1 aromatic carbocycles. The highest BCUT2D eigenvalue weighted by Crippen LogP contribution is 2.30. The molecule has 1 atom stereocenters. The molecule has 0 bridgehead atoms. The van der Waals surface area contributed by atoms with Gasteiger partial charge in [-0.3, -0.25) is 0 Å². The number of nitrogens with one attached hydrogen (secondary N) is 1. The Morgan fingerprint density at radius 1 is 1.33 bits per heavy atom. The van der Waals surface area contributed by atoms with Gasteiger partial charge in [0, 0.05) is 24.0 Å². The van der Waals surface area contributed by atoms with Gasteiger partial charge in [-0.2, -0.15) is 0 Å². The zero-order valence-electron chi connectivity index (χ0n) is 10.5. The number of aliphatic hydroxyl groups excluding tert-OH is 1. The van der Waals surface area contributed by atoms with E-state index < -0.39 is 0 Å². The zero-order valence-corrected chi connectivity index (χ0v) is 12.1.